The molecule has 76 valence electrons. The molecule has 0 aromatic heterocycles. The Labute approximate surface area is 82.1 Å². The molecule has 0 unspecified atom stereocenters. The van der Waals surface area contributed by atoms with E-state index in [-0.39, 0.29) is 11.3 Å². The van der Waals surface area contributed by atoms with Crippen LogP contribution < -0.4 is 9.47 Å². The second-order valence-electron chi connectivity index (χ2n) is 2.80. The third-order valence-electron chi connectivity index (χ3n) is 1.95. The lowest BCUT2D eigenvalue weighted by molar-refractivity contribution is 0.0692. The first-order chi connectivity index (χ1) is 6.61. The van der Waals surface area contributed by atoms with Crippen LogP contribution in [0.4, 0.5) is 0 Å². The third kappa shape index (κ3) is 1.64. The Balaban J connectivity index is 3.40. The number of hydrogen-bond donors (Lipinski definition) is 1. The minimum absolute atomic E-state index is 0.106. The summed E-state index contributed by atoms with van der Waals surface area (Å²) >= 11 is 0. The molecule has 1 rings (SSSR count). The summed E-state index contributed by atoms with van der Waals surface area (Å²) in [6, 6.07) is 3.18. The highest BCUT2D eigenvalue weighted by Crippen LogP contribution is 2.34. The summed E-state index contributed by atoms with van der Waals surface area (Å²) in [6.07, 6.45) is 0. The molecule has 0 aliphatic heterocycles. The van der Waals surface area contributed by atoms with Crippen LogP contribution in [0.15, 0.2) is 12.1 Å². The molecule has 0 spiro atoms. The molecule has 0 heterocycles. The van der Waals surface area contributed by atoms with E-state index < -0.39 is 5.97 Å². The summed E-state index contributed by atoms with van der Waals surface area (Å²) in [7, 11) is 2.90. The summed E-state index contributed by atoms with van der Waals surface area (Å²) in [5.74, 6) is -0.299. The van der Waals surface area contributed by atoms with Crippen molar-refractivity contribution in [3.8, 4) is 11.5 Å². The molecule has 0 fully saturated rings. The van der Waals surface area contributed by atoms with Crippen molar-refractivity contribution in [2.75, 3.05) is 14.2 Å². The average Bonchev–Trinajstić information content (AvgIpc) is 2.16. The zero-order valence-electron chi connectivity index (χ0n) is 8.33. The Hall–Kier alpha value is -1.71. The van der Waals surface area contributed by atoms with Crippen LogP contribution >= 0.6 is 0 Å². The lowest BCUT2D eigenvalue weighted by Crippen LogP contribution is -2.03. The van der Waals surface area contributed by atoms with Crippen LogP contribution in [0.1, 0.15) is 15.9 Å². The largest absolute Gasteiger partial charge is 0.493 e. The highest BCUT2D eigenvalue weighted by molar-refractivity contribution is 5.92. The van der Waals surface area contributed by atoms with Crippen LogP contribution in [0.2, 0.25) is 0 Å². The minimum atomic E-state index is -1.03. The molecule has 1 aromatic rings. The van der Waals surface area contributed by atoms with E-state index in [0.29, 0.717) is 5.75 Å². The quantitative estimate of drug-likeness (QED) is 0.799. The molecule has 0 saturated carbocycles. The molecule has 0 atom stereocenters. The summed E-state index contributed by atoms with van der Waals surface area (Å²) in [5.41, 5.74) is 0.948. The van der Waals surface area contributed by atoms with Gasteiger partial charge in [-0.1, -0.05) is 6.07 Å². The molecule has 0 radical (unpaired) electrons. The number of carbonyl (C=O) groups is 1. The van der Waals surface area contributed by atoms with Crippen molar-refractivity contribution in [3.05, 3.63) is 23.3 Å². The van der Waals surface area contributed by atoms with Crippen molar-refractivity contribution in [2.24, 2.45) is 0 Å². The summed E-state index contributed by atoms with van der Waals surface area (Å²) in [6.45, 7) is 1.83. The molecule has 14 heavy (non-hydrogen) atoms. The van der Waals surface area contributed by atoms with Gasteiger partial charge in [-0.05, 0) is 18.6 Å². The Morgan fingerprint density at radius 3 is 2.21 bits per heavy atom. The number of benzene rings is 1. The van der Waals surface area contributed by atoms with Gasteiger partial charge >= 0.3 is 5.97 Å². The predicted octanol–water partition coefficient (Wildman–Crippen LogP) is 1.71. The minimum Gasteiger partial charge on any atom is -0.493 e. The molecule has 0 aliphatic rings. The average molecular weight is 196 g/mol. The van der Waals surface area contributed by atoms with Crippen molar-refractivity contribution in [1.82, 2.24) is 0 Å². The van der Waals surface area contributed by atoms with Gasteiger partial charge in [-0.3, -0.25) is 0 Å². The zero-order valence-corrected chi connectivity index (χ0v) is 8.33. The highest BCUT2D eigenvalue weighted by atomic mass is 16.5. The molecule has 0 aliphatic carbocycles. The van der Waals surface area contributed by atoms with E-state index in [4.69, 9.17) is 14.6 Å². The van der Waals surface area contributed by atoms with E-state index >= 15 is 0 Å². The Kier molecular flexibility index (Phi) is 2.96. The van der Waals surface area contributed by atoms with Gasteiger partial charge in [0, 0.05) is 0 Å². The van der Waals surface area contributed by atoms with Gasteiger partial charge in [0.15, 0.2) is 11.5 Å². The molecule has 0 saturated heterocycles. The first kappa shape index (κ1) is 10.4. The molecular weight excluding hydrogens is 184 g/mol. The second-order valence-corrected chi connectivity index (χ2v) is 2.80. The first-order valence-corrected chi connectivity index (χ1v) is 4.06. The molecule has 4 heteroatoms. The lowest BCUT2D eigenvalue weighted by atomic mass is 10.1. The summed E-state index contributed by atoms with van der Waals surface area (Å²) in [4.78, 5) is 10.8. The van der Waals surface area contributed by atoms with Crippen LogP contribution in [-0.4, -0.2) is 25.3 Å². The number of rotatable bonds is 3. The standard InChI is InChI=1S/C10H12O4/c1-6-4-5-7(10(11)12)9(14-3)8(6)13-2/h4-5H,1-3H3,(H,11,12). The van der Waals surface area contributed by atoms with Crippen LogP contribution in [-0.2, 0) is 0 Å². The number of aromatic carboxylic acids is 1. The predicted molar refractivity (Wildman–Crippen MR) is 51.2 cm³/mol. The van der Waals surface area contributed by atoms with E-state index in [9.17, 15) is 4.79 Å². The van der Waals surface area contributed by atoms with E-state index in [2.05, 4.69) is 0 Å². The van der Waals surface area contributed by atoms with Gasteiger partial charge < -0.3 is 14.6 Å². The number of carboxylic acids is 1. The molecule has 0 bridgehead atoms. The van der Waals surface area contributed by atoms with Crippen molar-refractivity contribution in [2.45, 2.75) is 6.92 Å². The summed E-state index contributed by atoms with van der Waals surface area (Å²) in [5, 5.41) is 8.87. The van der Waals surface area contributed by atoms with Crippen molar-refractivity contribution >= 4 is 5.97 Å². The Morgan fingerprint density at radius 2 is 1.79 bits per heavy atom. The number of carboxylic acid groups (broad SMARTS) is 1. The maximum atomic E-state index is 10.8. The first-order valence-electron chi connectivity index (χ1n) is 4.06. The normalized spacial score (nSPS) is 9.64. The van der Waals surface area contributed by atoms with Crippen LogP contribution in [0.3, 0.4) is 0 Å². The molecular formula is C10H12O4. The SMILES string of the molecule is COc1c(C)ccc(C(=O)O)c1OC. The zero-order chi connectivity index (χ0) is 10.7. The lowest BCUT2D eigenvalue weighted by Gasteiger charge is -2.12. The van der Waals surface area contributed by atoms with E-state index in [1.807, 2.05) is 6.92 Å². The monoisotopic (exact) mass is 196 g/mol. The van der Waals surface area contributed by atoms with Gasteiger partial charge in [0.25, 0.3) is 0 Å². The number of aryl methyl sites for hydroxylation is 1. The number of methoxy groups -OCH3 is 2. The van der Waals surface area contributed by atoms with Gasteiger partial charge in [-0.15, -0.1) is 0 Å². The van der Waals surface area contributed by atoms with Crippen LogP contribution in [0.25, 0.3) is 0 Å². The maximum absolute atomic E-state index is 10.8. The summed E-state index contributed by atoms with van der Waals surface area (Å²) < 4.78 is 10.1. The van der Waals surface area contributed by atoms with Gasteiger partial charge in [-0.2, -0.15) is 0 Å². The van der Waals surface area contributed by atoms with Gasteiger partial charge in [0.1, 0.15) is 5.56 Å². The maximum Gasteiger partial charge on any atom is 0.339 e. The van der Waals surface area contributed by atoms with Crippen LogP contribution in [0.5, 0.6) is 11.5 Å². The molecule has 0 amide bonds. The highest BCUT2D eigenvalue weighted by Gasteiger charge is 2.17. The topological polar surface area (TPSA) is 55.8 Å². The third-order valence-corrected chi connectivity index (χ3v) is 1.95. The Morgan fingerprint density at radius 1 is 1.21 bits per heavy atom. The van der Waals surface area contributed by atoms with Crippen LogP contribution in [0, 0.1) is 6.92 Å². The number of ether oxygens (including phenoxy) is 2. The van der Waals surface area contributed by atoms with Gasteiger partial charge in [0.2, 0.25) is 0 Å². The van der Waals surface area contributed by atoms with E-state index in [0.717, 1.165) is 5.56 Å². The van der Waals surface area contributed by atoms with Gasteiger partial charge in [0.05, 0.1) is 14.2 Å². The number of hydrogen-bond acceptors (Lipinski definition) is 3. The van der Waals surface area contributed by atoms with E-state index in [1.165, 1.54) is 20.3 Å². The van der Waals surface area contributed by atoms with Crippen molar-refractivity contribution in [3.63, 3.8) is 0 Å². The fourth-order valence-corrected chi connectivity index (χ4v) is 1.29. The molecule has 1 N–H and O–H groups in total. The van der Waals surface area contributed by atoms with Gasteiger partial charge in [-0.25, -0.2) is 4.79 Å². The molecule has 4 nitrogen and oxygen atoms in total. The van der Waals surface area contributed by atoms with Crippen molar-refractivity contribution in [1.29, 1.82) is 0 Å². The Bertz CT molecular complexity index is 357. The molecule has 1 aromatic carbocycles. The van der Waals surface area contributed by atoms with E-state index in [1.54, 1.807) is 6.07 Å². The smallest absolute Gasteiger partial charge is 0.339 e. The fraction of sp³-hybridized carbons (Fsp3) is 0.300. The fourth-order valence-electron chi connectivity index (χ4n) is 1.29. The second kappa shape index (κ2) is 4.00. The van der Waals surface area contributed by atoms with Crippen molar-refractivity contribution < 1.29 is 19.4 Å².